The lowest BCUT2D eigenvalue weighted by molar-refractivity contribution is 0.0893. The van der Waals surface area contributed by atoms with Crippen LogP contribution in [0.1, 0.15) is 25.6 Å². The van der Waals surface area contributed by atoms with Gasteiger partial charge in [0.2, 0.25) is 0 Å². The molecule has 1 aliphatic rings. The fourth-order valence-corrected chi connectivity index (χ4v) is 2.91. The van der Waals surface area contributed by atoms with Crippen LogP contribution in [-0.2, 0) is 15.9 Å². The first-order chi connectivity index (χ1) is 14.3. The van der Waals surface area contributed by atoms with Gasteiger partial charge in [-0.1, -0.05) is 11.2 Å². The van der Waals surface area contributed by atoms with Crippen LogP contribution < -0.4 is 10.6 Å². The predicted octanol–water partition coefficient (Wildman–Crippen LogP) is 2.29. The van der Waals surface area contributed by atoms with Crippen LogP contribution in [0.3, 0.4) is 0 Å². The lowest BCUT2D eigenvalue weighted by atomic mass is 10.1. The van der Waals surface area contributed by atoms with E-state index in [1.165, 1.54) is 0 Å². The molecule has 1 saturated heterocycles. The Morgan fingerprint density at radius 1 is 1.33 bits per heavy atom. The second-order valence-corrected chi connectivity index (χ2v) is 6.83. The normalized spacial score (nSPS) is 16.3. The monoisotopic (exact) mass is 530 g/mol. The zero-order valence-electron chi connectivity index (χ0n) is 17.4. The zero-order valence-corrected chi connectivity index (χ0v) is 19.7. The van der Waals surface area contributed by atoms with Crippen molar-refractivity contribution in [3.05, 3.63) is 30.2 Å². The largest absolute Gasteiger partial charge is 0.381 e. The van der Waals surface area contributed by atoms with Gasteiger partial charge in [-0.05, 0) is 31.9 Å². The maximum Gasteiger partial charge on any atom is 0.276 e. The second-order valence-electron chi connectivity index (χ2n) is 6.83. The first-order valence-electron chi connectivity index (χ1n) is 10.3. The molecule has 10 heteroatoms. The highest BCUT2D eigenvalue weighted by Crippen LogP contribution is 2.13. The Labute approximate surface area is 194 Å². The summed E-state index contributed by atoms with van der Waals surface area (Å²) in [5, 5.41) is 10.6. The SMILES string of the molecule is CCNC(=NCCCOCC1CCOC1)NCCc1noc(-c2ccccn2)n1.I. The molecule has 0 spiro atoms. The van der Waals surface area contributed by atoms with Crippen molar-refractivity contribution in [3.63, 3.8) is 0 Å². The maximum absolute atomic E-state index is 5.71. The smallest absolute Gasteiger partial charge is 0.276 e. The van der Waals surface area contributed by atoms with Gasteiger partial charge in [0.15, 0.2) is 11.8 Å². The number of hydrogen-bond donors (Lipinski definition) is 2. The molecule has 1 atom stereocenters. The molecule has 0 amide bonds. The predicted molar refractivity (Wildman–Crippen MR) is 125 cm³/mol. The van der Waals surface area contributed by atoms with Crippen LogP contribution in [0.15, 0.2) is 33.9 Å². The summed E-state index contributed by atoms with van der Waals surface area (Å²) in [6, 6.07) is 5.58. The van der Waals surface area contributed by atoms with Crippen LogP contribution in [0.4, 0.5) is 0 Å². The number of aliphatic imine (C=N–C) groups is 1. The van der Waals surface area contributed by atoms with Crippen molar-refractivity contribution < 1.29 is 14.0 Å². The van der Waals surface area contributed by atoms with Crippen molar-refractivity contribution in [3.8, 4) is 11.6 Å². The quantitative estimate of drug-likeness (QED) is 0.197. The minimum atomic E-state index is 0. The van der Waals surface area contributed by atoms with Gasteiger partial charge in [-0.15, -0.1) is 24.0 Å². The number of halogens is 1. The summed E-state index contributed by atoms with van der Waals surface area (Å²) in [7, 11) is 0. The van der Waals surface area contributed by atoms with Crippen molar-refractivity contribution in [1.29, 1.82) is 0 Å². The minimum absolute atomic E-state index is 0. The van der Waals surface area contributed by atoms with Crippen molar-refractivity contribution in [2.45, 2.75) is 26.2 Å². The van der Waals surface area contributed by atoms with Crippen LogP contribution in [0.5, 0.6) is 0 Å². The fourth-order valence-electron chi connectivity index (χ4n) is 2.91. The van der Waals surface area contributed by atoms with Gasteiger partial charge >= 0.3 is 0 Å². The Balaban J connectivity index is 0.00000320. The highest BCUT2D eigenvalue weighted by Gasteiger charge is 2.15. The van der Waals surface area contributed by atoms with E-state index in [1.54, 1.807) is 6.20 Å². The first-order valence-corrected chi connectivity index (χ1v) is 10.3. The Kier molecular flexibility index (Phi) is 11.6. The van der Waals surface area contributed by atoms with Crippen molar-refractivity contribution in [2.24, 2.45) is 10.9 Å². The molecule has 1 unspecified atom stereocenters. The molecule has 1 aliphatic heterocycles. The summed E-state index contributed by atoms with van der Waals surface area (Å²) in [6.07, 6.45) is 4.33. The summed E-state index contributed by atoms with van der Waals surface area (Å²) in [4.78, 5) is 13.2. The van der Waals surface area contributed by atoms with Crippen molar-refractivity contribution in [2.75, 3.05) is 46.1 Å². The molecule has 9 nitrogen and oxygen atoms in total. The molecule has 30 heavy (non-hydrogen) atoms. The van der Waals surface area contributed by atoms with E-state index in [0.717, 1.165) is 51.8 Å². The number of aromatic nitrogens is 3. The lowest BCUT2D eigenvalue weighted by Gasteiger charge is -2.11. The van der Waals surface area contributed by atoms with E-state index >= 15 is 0 Å². The molecule has 2 aromatic rings. The van der Waals surface area contributed by atoms with Crippen LogP contribution in [0.2, 0.25) is 0 Å². The lowest BCUT2D eigenvalue weighted by Crippen LogP contribution is -2.38. The number of nitrogens with zero attached hydrogens (tertiary/aromatic N) is 4. The Hall–Kier alpha value is -1.79. The summed E-state index contributed by atoms with van der Waals surface area (Å²) in [5.74, 6) is 2.41. The number of hydrogen-bond acceptors (Lipinski definition) is 7. The molecular formula is C20H31IN6O3. The summed E-state index contributed by atoms with van der Waals surface area (Å²) in [6.45, 7) is 7.42. The molecule has 166 valence electrons. The van der Waals surface area contributed by atoms with Crippen LogP contribution in [0.25, 0.3) is 11.6 Å². The van der Waals surface area contributed by atoms with Gasteiger partial charge < -0.3 is 24.6 Å². The third-order valence-corrected chi connectivity index (χ3v) is 4.43. The summed E-state index contributed by atoms with van der Waals surface area (Å²) >= 11 is 0. The van der Waals surface area contributed by atoms with E-state index in [2.05, 4.69) is 30.8 Å². The Morgan fingerprint density at radius 3 is 3.03 bits per heavy atom. The van der Waals surface area contributed by atoms with Crippen molar-refractivity contribution >= 4 is 29.9 Å². The fraction of sp³-hybridized carbons (Fsp3) is 0.600. The summed E-state index contributed by atoms with van der Waals surface area (Å²) in [5.41, 5.74) is 0.678. The zero-order chi connectivity index (χ0) is 20.2. The molecule has 3 heterocycles. The van der Waals surface area contributed by atoms with E-state index in [9.17, 15) is 0 Å². The average Bonchev–Trinajstić information content (AvgIpc) is 3.43. The van der Waals surface area contributed by atoms with Gasteiger partial charge in [0, 0.05) is 51.4 Å². The molecule has 2 N–H and O–H groups in total. The number of nitrogens with one attached hydrogen (secondary N) is 2. The first kappa shape index (κ1) is 24.5. The van der Waals surface area contributed by atoms with Crippen LogP contribution in [0, 0.1) is 5.92 Å². The standard InChI is InChI=1S/C20H30N6O3.HI/c1-2-21-20(23-10-5-12-27-14-16-8-13-28-15-16)24-11-7-18-25-19(29-26-18)17-6-3-4-9-22-17;/h3-4,6,9,16H,2,5,7-8,10-15H2,1H3,(H2,21,23,24);1H. The molecule has 3 rings (SSSR count). The summed E-state index contributed by atoms with van der Waals surface area (Å²) < 4.78 is 16.3. The average molecular weight is 530 g/mol. The van der Waals surface area contributed by atoms with Gasteiger partial charge in [-0.3, -0.25) is 9.98 Å². The number of guanidine groups is 1. The van der Waals surface area contributed by atoms with Crippen molar-refractivity contribution in [1.82, 2.24) is 25.8 Å². The van der Waals surface area contributed by atoms with Gasteiger partial charge in [-0.2, -0.15) is 4.98 Å². The topological polar surface area (TPSA) is 107 Å². The molecule has 0 radical (unpaired) electrons. The molecule has 0 aromatic carbocycles. The van der Waals surface area contributed by atoms with E-state index in [4.69, 9.17) is 14.0 Å². The molecule has 0 aliphatic carbocycles. The Morgan fingerprint density at radius 2 is 2.27 bits per heavy atom. The second kappa shape index (κ2) is 14.3. The number of pyridine rings is 1. The van der Waals surface area contributed by atoms with Gasteiger partial charge in [0.05, 0.1) is 13.2 Å². The van der Waals surface area contributed by atoms with Crippen LogP contribution >= 0.6 is 24.0 Å². The van der Waals surface area contributed by atoms with Gasteiger partial charge in [0.1, 0.15) is 5.69 Å². The van der Waals surface area contributed by atoms with E-state index in [1.807, 2.05) is 25.1 Å². The molecular weight excluding hydrogens is 499 g/mol. The molecule has 0 bridgehead atoms. The highest BCUT2D eigenvalue weighted by molar-refractivity contribution is 14.0. The van der Waals surface area contributed by atoms with E-state index in [-0.39, 0.29) is 24.0 Å². The van der Waals surface area contributed by atoms with E-state index < -0.39 is 0 Å². The van der Waals surface area contributed by atoms with Gasteiger partial charge in [-0.25, -0.2) is 0 Å². The molecule has 1 fully saturated rings. The third-order valence-electron chi connectivity index (χ3n) is 4.43. The number of rotatable bonds is 11. The Bertz CT molecular complexity index is 737. The third kappa shape index (κ3) is 8.52. The molecule has 2 aromatic heterocycles. The number of ether oxygens (including phenoxy) is 2. The highest BCUT2D eigenvalue weighted by atomic mass is 127. The molecule has 0 saturated carbocycles. The van der Waals surface area contributed by atoms with Gasteiger partial charge in [0.25, 0.3) is 5.89 Å². The minimum Gasteiger partial charge on any atom is -0.381 e. The maximum atomic E-state index is 5.71. The van der Waals surface area contributed by atoms with E-state index in [0.29, 0.717) is 42.8 Å². The van der Waals surface area contributed by atoms with Crippen LogP contribution in [-0.4, -0.2) is 67.1 Å².